The molecule has 24 N–H and O–H groups in total. The molecule has 0 aromatic rings. The van der Waals surface area contributed by atoms with Crippen molar-refractivity contribution in [2.75, 3.05) is 73.9 Å². The highest BCUT2D eigenvalue weighted by atomic mass is 31.2. The van der Waals surface area contributed by atoms with Crippen LogP contribution in [0.15, 0.2) is 0 Å². The fourth-order valence-corrected chi connectivity index (χ4v) is 13.7. The molecule has 8 heterocycles. The number of likely N-dealkylation sites (N-methyl/N-ethyl adjacent to an activating group) is 1. The van der Waals surface area contributed by atoms with E-state index < -0.39 is 311 Å². The second-order valence-electron chi connectivity index (χ2n) is 28.1. The summed E-state index contributed by atoms with van der Waals surface area (Å²) in [6.45, 7) is -0.886. The molecule has 0 bridgehead atoms. The minimum atomic E-state index is -4.95. The minimum Gasteiger partial charge on any atom is -0.394 e. The summed E-state index contributed by atoms with van der Waals surface area (Å²) in [6.07, 6.45) is -74.3. The van der Waals surface area contributed by atoms with Crippen molar-refractivity contribution in [1.29, 1.82) is 0 Å². The molecule has 8 rings (SSSR count). The molecule has 0 aromatic heterocycles. The zero-order valence-electron chi connectivity index (χ0n) is 58.6. The summed E-state index contributed by atoms with van der Waals surface area (Å²) in [6, 6.07) is -5.68. The predicted octanol–water partition coefficient (Wildman–Crippen LogP) is -15.1. The van der Waals surface area contributed by atoms with Crippen LogP contribution in [0.5, 0.6) is 0 Å². The van der Waals surface area contributed by atoms with Crippen molar-refractivity contribution in [2.24, 2.45) is 0 Å². The predicted molar refractivity (Wildman–Crippen MR) is 334 cm³/mol. The van der Waals surface area contributed by atoms with Crippen LogP contribution in [0.1, 0.15) is 34.6 Å². The number of ether oxygens (including phenoxy) is 15. The van der Waals surface area contributed by atoms with Gasteiger partial charge in [0, 0.05) is 20.8 Å². The van der Waals surface area contributed by atoms with E-state index in [4.69, 9.17) is 80.1 Å². The second kappa shape index (κ2) is 37.8. The summed E-state index contributed by atoms with van der Waals surface area (Å²) in [7, 11) is 0.325. The molecule has 8 fully saturated rings. The van der Waals surface area contributed by atoms with Gasteiger partial charge < -0.3 is 199 Å². The van der Waals surface area contributed by atoms with Crippen LogP contribution >= 0.6 is 7.82 Å². The molecular weight excluding hydrogens is 1470 g/mol. The molecule has 106 heavy (non-hydrogen) atoms. The van der Waals surface area contributed by atoms with Gasteiger partial charge in [-0.3, -0.25) is 23.4 Å². The number of phosphoric ester groups is 1. The van der Waals surface area contributed by atoms with Crippen LogP contribution in [-0.2, 0) is 99.0 Å². The molecule has 616 valence electrons. The highest BCUT2D eigenvalue weighted by Gasteiger charge is 2.60. The molecule has 0 aliphatic carbocycles. The van der Waals surface area contributed by atoms with Gasteiger partial charge in [0.25, 0.3) is 0 Å². The number of nitrogens with zero attached hydrogens (tertiary/aromatic N) is 1. The van der Waals surface area contributed by atoms with Gasteiger partial charge in [-0.1, -0.05) is 0 Å². The topological polar surface area (TPSA) is 686 Å². The van der Waals surface area contributed by atoms with Gasteiger partial charge in [0.1, 0.15) is 196 Å². The second-order valence-corrected chi connectivity index (χ2v) is 29.5. The first-order valence-electron chi connectivity index (χ1n) is 34.0. The molecule has 0 aromatic carbocycles. The molecule has 3 amide bonds. The molecule has 0 saturated carbocycles. The summed E-state index contributed by atoms with van der Waals surface area (Å²) in [5.74, 6) is -2.74. The third-order valence-electron chi connectivity index (χ3n) is 19.0. The molecule has 0 radical (unpaired) electrons. The SMILES string of the molecule is CC(=O)N[C@@H]1[C@@H](O[C@@H]2O[C@@H](C)[C@@H](O)[C@@H](O)[C@@H]2O)[C@H](O[C@@H]2O[C@H](CO)[C@@H](O[C@@H]3O[C@H](CO[C@H]4O[C@H](CO)[C@@H](O)[C@H](O)[C@@H]4O)[C@@H](O)[C@H](O[C@H]4O[C@H](CO)[C@@H](O)[C@H](O)[C@@H]4O[C@@H]4O[C@H](COP(=O)(O)OCC[N+](C)(C)C)[C@@H](O)[C@H](O)[C@H]4NC(C)=O)[C@@H]3O)[C@H](O)[C@H]2NC(C)=O)[C@@H](CO[C@@H]2O[C@@H](C)[C@@H](O)[C@@H](O)[C@@H]2O)O[C@H]1O. The number of hydrogen-bond donors (Lipinski definition) is 24. The van der Waals surface area contributed by atoms with Gasteiger partial charge in [0.15, 0.2) is 50.3 Å². The maximum Gasteiger partial charge on any atom is 0.472 e. The summed E-state index contributed by atoms with van der Waals surface area (Å²) in [5.41, 5.74) is 0. The van der Waals surface area contributed by atoms with Gasteiger partial charge >= 0.3 is 7.82 Å². The minimum absolute atomic E-state index is 0.212. The third kappa shape index (κ3) is 21.1. The molecule has 8 aliphatic heterocycles. The van der Waals surface area contributed by atoms with E-state index in [0.29, 0.717) is 4.48 Å². The van der Waals surface area contributed by atoms with Gasteiger partial charge in [0.2, 0.25) is 17.7 Å². The molecule has 46 nitrogen and oxygen atoms in total. The lowest BCUT2D eigenvalue weighted by atomic mass is 9.93. The average molecular weight is 1570 g/mol. The van der Waals surface area contributed by atoms with Crippen molar-refractivity contribution < 1.29 is 211 Å². The largest absolute Gasteiger partial charge is 0.472 e. The van der Waals surface area contributed by atoms with E-state index in [-0.39, 0.29) is 13.2 Å². The Balaban J connectivity index is 1.13. The first-order chi connectivity index (χ1) is 49.6. The van der Waals surface area contributed by atoms with Crippen molar-refractivity contribution in [3.63, 3.8) is 0 Å². The Bertz CT molecular complexity index is 2830. The van der Waals surface area contributed by atoms with Crippen molar-refractivity contribution in [1.82, 2.24) is 16.0 Å². The Hall–Kier alpha value is -2.92. The monoisotopic (exact) mass is 1570 g/mol. The molecule has 1 unspecified atom stereocenters. The lowest BCUT2D eigenvalue weighted by Gasteiger charge is -2.51. The fourth-order valence-electron chi connectivity index (χ4n) is 13.0. The van der Waals surface area contributed by atoms with Crippen LogP contribution in [-0.4, -0.2) is 449 Å². The first kappa shape index (κ1) is 88.6. The Morgan fingerprint density at radius 2 is 0.755 bits per heavy atom. The summed E-state index contributed by atoms with van der Waals surface area (Å²) >= 11 is 0. The van der Waals surface area contributed by atoms with Crippen molar-refractivity contribution in [3.8, 4) is 0 Å². The van der Waals surface area contributed by atoms with E-state index in [0.717, 1.165) is 20.8 Å². The van der Waals surface area contributed by atoms with Gasteiger partial charge in [-0.2, -0.15) is 0 Å². The van der Waals surface area contributed by atoms with Crippen molar-refractivity contribution in [2.45, 2.75) is 280 Å². The molecular formula is C59H104N4O42P+. The number of quaternary nitrogens is 1. The number of aliphatic hydroxyl groups is 20. The van der Waals surface area contributed by atoms with E-state index in [1.807, 2.05) is 0 Å². The van der Waals surface area contributed by atoms with Crippen LogP contribution in [0.2, 0.25) is 0 Å². The lowest BCUT2D eigenvalue weighted by Crippen LogP contribution is -2.71. The van der Waals surface area contributed by atoms with Gasteiger partial charge in [0.05, 0.1) is 73.0 Å². The number of aliphatic hydroxyl groups excluding tert-OH is 20. The van der Waals surface area contributed by atoms with E-state index in [9.17, 15) is 126 Å². The summed E-state index contributed by atoms with van der Waals surface area (Å²) in [4.78, 5) is 49.4. The number of rotatable bonds is 29. The van der Waals surface area contributed by atoms with Gasteiger partial charge in [-0.25, -0.2) is 4.57 Å². The van der Waals surface area contributed by atoms with Crippen molar-refractivity contribution in [3.05, 3.63) is 0 Å². The van der Waals surface area contributed by atoms with E-state index >= 15 is 0 Å². The Morgan fingerprint density at radius 3 is 1.30 bits per heavy atom. The highest BCUT2D eigenvalue weighted by Crippen LogP contribution is 2.45. The van der Waals surface area contributed by atoms with Crippen LogP contribution < -0.4 is 16.0 Å². The van der Waals surface area contributed by atoms with Gasteiger partial charge in [-0.15, -0.1) is 0 Å². The quantitative estimate of drug-likeness (QED) is 0.0244. The zero-order valence-corrected chi connectivity index (χ0v) is 59.5. The van der Waals surface area contributed by atoms with Crippen LogP contribution in [0.25, 0.3) is 0 Å². The number of amides is 3. The lowest BCUT2D eigenvalue weighted by molar-refractivity contribution is -0.870. The standard InChI is InChI=1S/C59H103N4O42P/c1-17-31(70)39(78)43(82)55(93-17)90-15-27-48(49(30(52(86)95-27)62-21(5)69)103-57-45(84)40(79)32(71)18(2)94-57)102-54-29(61-20(4)68)38(77)47(24(13-66)98-54)101-58-46(85)50(36(75)25(100-58)14-89-56-44(83)41(80)33(72)22(11-64)96-56)104-59-51(42(81)34(73)23(12-65)97-59)105-53-28(60-19(3)67)37(76)35(74)26(99-53)16-92-106(87,88)91-10-9-63(6,7)8/h17-18,22-59,64-66,70-86H,9-16H2,1-8H3,(H3-,60,61,62,67,68,69,87,88)/p+1/t17-,18-,22+,23+,24+,25+,26+,27+,28+,29+,30+,31+,32+,33+,34+,35+,36+,37+,38+,39+,40+,41-,42-,43-,44-,45-,46-,47+,48+,49+,50-,51-,52+,53-,54-,55+,56-,57-,58-,59+/m0/s1. The van der Waals surface area contributed by atoms with E-state index in [1.165, 1.54) is 13.8 Å². The van der Waals surface area contributed by atoms with E-state index in [1.54, 1.807) is 21.1 Å². The zero-order chi connectivity index (χ0) is 78.6. The molecule has 8 saturated heterocycles. The first-order valence-corrected chi connectivity index (χ1v) is 35.5. The third-order valence-corrected chi connectivity index (χ3v) is 20.0. The molecule has 47 heteroatoms. The van der Waals surface area contributed by atoms with Crippen LogP contribution in [0, 0.1) is 0 Å². The number of hydrogen-bond acceptors (Lipinski definition) is 41. The maximum atomic E-state index is 13.3. The highest BCUT2D eigenvalue weighted by molar-refractivity contribution is 7.47. The van der Waals surface area contributed by atoms with Crippen molar-refractivity contribution >= 4 is 25.5 Å². The molecule has 8 aliphatic rings. The van der Waals surface area contributed by atoms with Gasteiger partial charge in [-0.05, 0) is 13.8 Å². The maximum absolute atomic E-state index is 13.3. The number of carbonyl (C=O) groups is 3. The normalized spacial score (nSPS) is 47.5. The Morgan fingerprint density at radius 1 is 0.358 bits per heavy atom. The molecule has 41 atom stereocenters. The molecule has 0 spiro atoms. The number of carbonyl (C=O) groups excluding carboxylic acids is 3. The summed E-state index contributed by atoms with van der Waals surface area (Å²) < 4.78 is 113. The Kier molecular flexibility index (Phi) is 31.6. The Labute approximate surface area is 604 Å². The fraction of sp³-hybridized carbons (Fsp3) is 0.949. The average Bonchev–Trinajstić information content (AvgIpc) is 0.764. The summed E-state index contributed by atoms with van der Waals surface area (Å²) in [5, 5.41) is 230. The van der Waals surface area contributed by atoms with Crippen LogP contribution in [0.3, 0.4) is 0 Å². The number of nitrogens with one attached hydrogen (secondary N) is 3. The van der Waals surface area contributed by atoms with Crippen LogP contribution in [0.4, 0.5) is 0 Å². The smallest absolute Gasteiger partial charge is 0.394 e. The number of phosphoric acid groups is 1. The van der Waals surface area contributed by atoms with E-state index in [2.05, 4.69) is 16.0 Å².